The van der Waals surface area contributed by atoms with Gasteiger partial charge in [-0.1, -0.05) is 17.7 Å². The molecule has 0 amide bonds. The number of hydrogen-bond donors (Lipinski definition) is 0. The van der Waals surface area contributed by atoms with Gasteiger partial charge in [0, 0.05) is 9.92 Å². The van der Waals surface area contributed by atoms with Crippen molar-refractivity contribution in [1.29, 1.82) is 0 Å². The Morgan fingerprint density at radius 3 is 2.57 bits per heavy atom. The maximum atomic E-state index is 11.1. The van der Waals surface area contributed by atoms with Gasteiger partial charge in [0.05, 0.1) is 0 Å². The van der Waals surface area contributed by atoms with Crippen molar-refractivity contribution >= 4 is 40.7 Å². The van der Waals surface area contributed by atoms with E-state index in [1.54, 1.807) is 17.8 Å². The van der Waals surface area contributed by atoms with Crippen LogP contribution >= 0.6 is 35.0 Å². The molecule has 0 aliphatic rings. The van der Waals surface area contributed by atoms with E-state index in [4.69, 9.17) is 23.2 Å². The van der Waals surface area contributed by atoms with Gasteiger partial charge in [-0.2, -0.15) is 0 Å². The van der Waals surface area contributed by atoms with Crippen molar-refractivity contribution in [1.82, 2.24) is 0 Å². The van der Waals surface area contributed by atoms with Gasteiger partial charge in [-0.3, -0.25) is 4.79 Å². The molecule has 0 bridgehead atoms. The summed E-state index contributed by atoms with van der Waals surface area (Å²) in [6.45, 7) is 1.45. The quantitative estimate of drug-likeness (QED) is 0.596. The van der Waals surface area contributed by atoms with Crippen molar-refractivity contribution in [2.45, 2.75) is 17.2 Å². The second kappa shape index (κ2) is 5.06. The molecule has 1 rings (SSSR count). The molecule has 14 heavy (non-hydrogen) atoms. The Kier molecular flexibility index (Phi) is 4.30. The van der Waals surface area contributed by atoms with Crippen LogP contribution in [0.2, 0.25) is 5.02 Å². The van der Waals surface area contributed by atoms with Gasteiger partial charge in [0.25, 0.3) is 0 Å². The van der Waals surface area contributed by atoms with E-state index in [1.807, 2.05) is 18.4 Å². The summed E-state index contributed by atoms with van der Waals surface area (Å²) in [5.41, 5.74) is 0.679. The summed E-state index contributed by atoms with van der Waals surface area (Å²) < 4.78 is 0. The van der Waals surface area contributed by atoms with Crippen molar-refractivity contribution in [2.75, 3.05) is 6.26 Å². The van der Waals surface area contributed by atoms with Crippen molar-refractivity contribution in [3.05, 3.63) is 28.8 Å². The summed E-state index contributed by atoms with van der Waals surface area (Å²) in [6.07, 6.45) is 1.97. The number of carbonyl (C=O) groups is 1. The average Bonchev–Trinajstić information content (AvgIpc) is 2.16. The summed E-state index contributed by atoms with van der Waals surface area (Å²) in [6, 6.07) is 5.53. The topological polar surface area (TPSA) is 17.1 Å². The fourth-order valence-corrected chi connectivity index (χ4v) is 2.10. The van der Waals surface area contributed by atoms with Gasteiger partial charge in [-0.05, 0) is 30.9 Å². The Balaban J connectivity index is 3.05. The first-order valence-electron chi connectivity index (χ1n) is 4.04. The van der Waals surface area contributed by atoms with E-state index in [0.717, 1.165) is 4.90 Å². The van der Waals surface area contributed by atoms with Gasteiger partial charge in [0.1, 0.15) is 5.38 Å². The van der Waals surface area contributed by atoms with Crippen LogP contribution in [-0.4, -0.2) is 12.0 Å². The number of benzene rings is 1. The lowest BCUT2D eigenvalue weighted by atomic mass is 10.1. The third kappa shape index (κ3) is 2.66. The molecule has 0 aromatic heterocycles. The van der Waals surface area contributed by atoms with Crippen LogP contribution in [0.5, 0.6) is 0 Å². The molecule has 0 saturated heterocycles. The molecule has 1 unspecified atom stereocenters. The van der Waals surface area contributed by atoms with Crippen molar-refractivity contribution < 1.29 is 4.79 Å². The molecule has 0 radical (unpaired) electrons. The minimum atomic E-state index is -0.640. The summed E-state index contributed by atoms with van der Waals surface area (Å²) >= 11 is 13.5. The van der Waals surface area contributed by atoms with Gasteiger partial charge in [-0.25, -0.2) is 0 Å². The normalized spacial score (nSPS) is 12.6. The molecule has 76 valence electrons. The zero-order valence-corrected chi connectivity index (χ0v) is 10.2. The molecular weight excluding hydrogens is 239 g/mol. The molecule has 0 aliphatic carbocycles. The third-order valence-corrected chi connectivity index (χ3v) is 3.43. The molecule has 0 aliphatic heterocycles. The Hall–Kier alpha value is -0.180. The number of rotatable bonds is 3. The monoisotopic (exact) mass is 248 g/mol. The minimum Gasteiger partial charge on any atom is -0.298 e. The van der Waals surface area contributed by atoms with Gasteiger partial charge in [0.2, 0.25) is 0 Å². The molecule has 0 fully saturated rings. The summed E-state index contributed by atoms with van der Waals surface area (Å²) in [5, 5.41) is -0.0922. The Labute approximate surface area is 97.8 Å². The molecule has 1 aromatic rings. The van der Waals surface area contributed by atoms with Crippen LogP contribution in [0.15, 0.2) is 23.1 Å². The Morgan fingerprint density at radius 1 is 1.50 bits per heavy atom. The molecule has 0 saturated carbocycles. The maximum absolute atomic E-state index is 11.1. The molecule has 0 N–H and O–H groups in total. The van der Waals surface area contributed by atoms with Gasteiger partial charge < -0.3 is 0 Å². The van der Waals surface area contributed by atoms with Gasteiger partial charge >= 0.3 is 0 Å². The van der Waals surface area contributed by atoms with Crippen molar-refractivity contribution in [3.8, 4) is 0 Å². The highest BCUT2D eigenvalue weighted by molar-refractivity contribution is 7.98. The largest absolute Gasteiger partial charge is 0.298 e. The average molecular weight is 249 g/mol. The van der Waals surface area contributed by atoms with E-state index >= 15 is 0 Å². The number of hydrogen-bond acceptors (Lipinski definition) is 2. The maximum Gasteiger partial charge on any atom is 0.152 e. The van der Waals surface area contributed by atoms with E-state index in [9.17, 15) is 4.79 Å². The van der Waals surface area contributed by atoms with Crippen LogP contribution in [0.4, 0.5) is 0 Å². The number of ketones is 1. The molecule has 1 atom stereocenters. The van der Waals surface area contributed by atoms with E-state index in [2.05, 4.69) is 0 Å². The molecular formula is C10H10Cl2OS. The number of alkyl halides is 1. The number of Topliss-reactive ketones (excluding diaryl/α,β-unsaturated/α-hetero) is 1. The molecule has 0 spiro atoms. The number of carbonyl (C=O) groups excluding carboxylic acids is 1. The van der Waals surface area contributed by atoms with Crippen LogP contribution in [0, 0.1) is 0 Å². The first-order valence-corrected chi connectivity index (χ1v) is 6.08. The zero-order valence-electron chi connectivity index (χ0n) is 7.88. The fraction of sp³-hybridized carbons (Fsp3) is 0.300. The lowest BCUT2D eigenvalue weighted by Crippen LogP contribution is -2.02. The van der Waals surface area contributed by atoms with Crippen LogP contribution in [0.25, 0.3) is 0 Å². The lowest BCUT2D eigenvalue weighted by Gasteiger charge is -2.09. The third-order valence-electron chi connectivity index (χ3n) is 1.84. The molecule has 0 heterocycles. The van der Waals surface area contributed by atoms with E-state index < -0.39 is 5.38 Å². The highest BCUT2D eigenvalue weighted by Crippen LogP contribution is 2.31. The standard InChI is InChI=1S/C10H10Cl2OS/c1-6(13)10(12)8-4-3-7(14-2)5-9(8)11/h3-5,10H,1-2H3. The Bertz CT molecular complexity index is 352. The highest BCUT2D eigenvalue weighted by atomic mass is 35.5. The molecule has 4 heteroatoms. The number of halogens is 2. The smallest absolute Gasteiger partial charge is 0.152 e. The summed E-state index contributed by atoms with van der Waals surface area (Å²) in [5.74, 6) is -0.0922. The van der Waals surface area contributed by atoms with Crippen molar-refractivity contribution in [3.63, 3.8) is 0 Å². The van der Waals surface area contributed by atoms with E-state index in [1.165, 1.54) is 6.92 Å². The van der Waals surface area contributed by atoms with Gasteiger partial charge in [-0.15, -0.1) is 23.4 Å². The van der Waals surface area contributed by atoms with Crippen LogP contribution in [0.1, 0.15) is 17.9 Å². The van der Waals surface area contributed by atoms with Crippen molar-refractivity contribution in [2.24, 2.45) is 0 Å². The zero-order chi connectivity index (χ0) is 10.7. The van der Waals surface area contributed by atoms with Crippen LogP contribution < -0.4 is 0 Å². The van der Waals surface area contributed by atoms with Crippen LogP contribution in [-0.2, 0) is 4.79 Å². The summed E-state index contributed by atoms with van der Waals surface area (Å²) in [4.78, 5) is 12.1. The van der Waals surface area contributed by atoms with Gasteiger partial charge in [0.15, 0.2) is 5.78 Å². The molecule has 1 aromatic carbocycles. The van der Waals surface area contributed by atoms with E-state index in [-0.39, 0.29) is 5.78 Å². The second-order valence-electron chi connectivity index (χ2n) is 2.86. The molecule has 1 nitrogen and oxygen atoms in total. The van der Waals surface area contributed by atoms with Crippen LogP contribution in [0.3, 0.4) is 0 Å². The highest BCUT2D eigenvalue weighted by Gasteiger charge is 2.16. The first kappa shape index (κ1) is 11.9. The second-order valence-corrected chi connectivity index (χ2v) is 4.58. The first-order chi connectivity index (χ1) is 6.56. The summed E-state index contributed by atoms with van der Waals surface area (Å²) in [7, 11) is 0. The Morgan fingerprint density at radius 2 is 2.14 bits per heavy atom. The fourth-order valence-electron chi connectivity index (χ4n) is 1.06. The SMILES string of the molecule is CSc1ccc(C(Cl)C(C)=O)c(Cl)c1. The van der Waals surface area contributed by atoms with E-state index in [0.29, 0.717) is 10.6 Å². The predicted molar refractivity (Wildman–Crippen MR) is 62.5 cm³/mol. The minimum absolute atomic E-state index is 0.0922. The lowest BCUT2D eigenvalue weighted by molar-refractivity contribution is -0.116. The number of thioether (sulfide) groups is 1. The predicted octanol–water partition coefficient (Wildman–Crippen LogP) is 3.93.